The van der Waals surface area contributed by atoms with Crippen LogP contribution in [0.15, 0.2) is 24.3 Å². The third-order valence-electron chi connectivity index (χ3n) is 5.01. The summed E-state index contributed by atoms with van der Waals surface area (Å²) in [6, 6.07) is 9.15. The monoisotopic (exact) mass is 288 g/mol. The van der Waals surface area contributed by atoms with Gasteiger partial charge < -0.3 is 15.0 Å². The van der Waals surface area contributed by atoms with Crippen LogP contribution in [-0.2, 0) is 0 Å². The van der Waals surface area contributed by atoms with E-state index < -0.39 is 0 Å². The minimum Gasteiger partial charge on any atom is -0.497 e. The van der Waals surface area contributed by atoms with E-state index in [1.807, 2.05) is 0 Å². The summed E-state index contributed by atoms with van der Waals surface area (Å²) in [4.78, 5) is 2.56. The van der Waals surface area contributed by atoms with E-state index in [0.717, 1.165) is 24.1 Å². The maximum atomic E-state index is 5.26. The van der Waals surface area contributed by atoms with Gasteiger partial charge in [-0.2, -0.15) is 0 Å². The molecule has 3 rings (SSSR count). The van der Waals surface area contributed by atoms with Gasteiger partial charge in [0, 0.05) is 12.6 Å². The van der Waals surface area contributed by atoms with Gasteiger partial charge in [0.1, 0.15) is 5.75 Å². The van der Waals surface area contributed by atoms with Crippen molar-refractivity contribution in [2.45, 2.75) is 32.2 Å². The summed E-state index contributed by atoms with van der Waals surface area (Å²) >= 11 is 0. The molecule has 1 aromatic carbocycles. The standard InChI is InChI=1S/C18H28N2O/c1-3-20-11-10-14(13-20)12-19-18(15-4-5-15)16-6-8-17(21-2)9-7-16/h6-9,14-15,18-19H,3-5,10-13H2,1-2H3. The molecule has 0 spiro atoms. The average Bonchev–Trinajstić information content (AvgIpc) is 3.26. The van der Waals surface area contributed by atoms with Crippen LogP contribution in [0.4, 0.5) is 0 Å². The minimum atomic E-state index is 0.534. The number of methoxy groups -OCH3 is 1. The molecular weight excluding hydrogens is 260 g/mol. The Bertz CT molecular complexity index is 441. The predicted molar refractivity (Wildman–Crippen MR) is 86.7 cm³/mol. The van der Waals surface area contributed by atoms with E-state index in [4.69, 9.17) is 4.74 Å². The summed E-state index contributed by atoms with van der Waals surface area (Å²) in [5, 5.41) is 3.85. The molecule has 0 amide bonds. The lowest BCUT2D eigenvalue weighted by atomic mass is 10.0. The molecule has 0 aromatic heterocycles. The number of benzene rings is 1. The summed E-state index contributed by atoms with van der Waals surface area (Å²) < 4.78 is 5.26. The minimum absolute atomic E-state index is 0.534. The van der Waals surface area contributed by atoms with Gasteiger partial charge in [0.2, 0.25) is 0 Å². The van der Waals surface area contributed by atoms with E-state index in [1.54, 1.807) is 7.11 Å². The fourth-order valence-electron chi connectivity index (χ4n) is 3.46. The molecule has 3 nitrogen and oxygen atoms in total. The van der Waals surface area contributed by atoms with Crippen molar-refractivity contribution in [3.05, 3.63) is 29.8 Å². The van der Waals surface area contributed by atoms with Crippen LogP contribution in [0.1, 0.15) is 37.8 Å². The van der Waals surface area contributed by atoms with Gasteiger partial charge in [0.05, 0.1) is 7.11 Å². The van der Waals surface area contributed by atoms with E-state index in [1.165, 1.54) is 44.5 Å². The highest BCUT2D eigenvalue weighted by Gasteiger charge is 2.33. The molecule has 1 aliphatic heterocycles. The van der Waals surface area contributed by atoms with Crippen LogP contribution in [0.3, 0.4) is 0 Å². The van der Waals surface area contributed by atoms with Gasteiger partial charge in [-0.1, -0.05) is 19.1 Å². The summed E-state index contributed by atoms with van der Waals surface area (Å²) in [7, 11) is 1.73. The normalized spacial score (nSPS) is 24.2. The summed E-state index contributed by atoms with van der Waals surface area (Å²) in [5.41, 5.74) is 1.42. The lowest BCUT2D eigenvalue weighted by Gasteiger charge is -2.22. The molecule has 1 heterocycles. The second-order valence-corrected chi connectivity index (χ2v) is 6.54. The topological polar surface area (TPSA) is 24.5 Å². The Labute approximate surface area is 128 Å². The highest BCUT2D eigenvalue weighted by molar-refractivity contribution is 5.30. The number of hydrogen-bond donors (Lipinski definition) is 1. The third-order valence-corrected chi connectivity index (χ3v) is 5.01. The first-order valence-electron chi connectivity index (χ1n) is 8.40. The van der Waals surface area contributed by atoms with Crippen molar-refractivity contribution in [3.63, 3.8) is 0 Å². The Morgan fingerprint density at radius 3 is 2.57 bits per heavy atom. The molecule has 2 aliphatic rings. The van der Waals surface area contributed by atoms with E-state index in [-0.39, 0.29) is 0 Å². The Morgan fingerprint density at radius 1 is 1.24 bits per heavy atom. The summed E-state index contributed by atoms with van der Waals surface area (Å²) in [6.45, 7) is 7.16. The molecule has 0 bridgehead atoms. The lowest BCUT2D eigenvalue weighted by Crippen LogP contribution is -2.30. The van der Waals surface area contributed by atoms with Crippen molar-refractivity contribution in [3.8, 4) is 5.75 Å². The fraction of sp³-hybridized carbons (Fsp3) is 0.667. The molecule has 3 heteroatoms. The Kier molecular flexibility index (Phi) is 4.81. The van der Waals surface area contributed by atoms with Crippen LogP contribution < -0.4 is 10.1 Å². The fourth-order valence-corrected chi connectivity index (χ4v) is 3.46. The molecule has 1 saturated carbocycles. The largest absolute Gasteiger partial charge is 0.497 e. The predicted octanol–water partition coefficient (Wildman–Crippen LogP) is 3.08. The quantitative estimate of drug-likeness (QED) is 0.834. The molecule has 2 fully saturated rings. The van der Waals surface area contributed by atoms with Gasteiger partial charge in [-0.05, 0) is 68.4 Å². The van der Waals surface area contributed by atoms with E-state index >= 15 is 0 Å². The molecule has 21 heavy (non-hydrogen) atoms. The first-order chi connectivity index (χ1) is 10.3. The smallest absolute Gasteiger partial charge is 0.118 e. The van der Waals surface area contributed by atoms with Crippen LogP contribution in [0.2, 0.25) is 0 Å². The molecule has 1 saturated heterocycles. The first kappa shape index (κ1) is 14.9. The zero-order valence-electron chi connectivity index (χ0n) is 13.3. The van der Waals surface area contributed by atoms with Crippen molar-refractivity contribution in [1.29, 1.82) is 0 Å². The summed E-state index contributed by atoms with van der Waals surface area (Å²) in [5.74, 6) is 2.61. The lowest BCUT2D eigenvalue weighted by molar-refractivity contribution is 0.332. The van der Waals surface area contributed by atoms with Crippen LogP contribution >= 0.6 is 0 Å². The first-order valence-corrected chi connectivity index (χ1v) is 8.40. The van der Waals surface area contributed by atoms with Gasteiger partial charge in [0.15, 0.2) is 0 Å². The third kappa shape index (κ3) is 3.78. The van der Waals surface area contributed by atoms with Crippen molar-refractivity contribution < 1.29 is 4.74 Å². The van der Waals surface area contributed by atoms with Crippen LogP contribution in [0, 0.1) is 11.8 Å². The van der Waals surface area contributed by atoms with Gasteiger partial charge >= 0.3 is 0 Å². The number of hydrogen-bond acceptors (Lipinski definition) is 3. The van der Waals surface area contributed by atoms with E-state index in [9.17, 15) is 0 Å². The Morgan fingerprint density at radius 2 is 2.00 bits per heavy atom. The molecule has 2 unspecified atom stereocenters. The SMILES string of the molecule is CCN1CCC(CNC(c2ccc(OC)cc2)C2CC2)C1. The summed E-state index contributed by atoms with van der Waals surface area (Å²) in [6.07, 6.45) is 4.09. The molecule has 0 radical (unpaired) electrons. The second kappa shape index (κ2) is 6.80. The van der Waals surface area contributed by atoms with Crippen molar-refractivity contribution in [1.82, 2.24) is 10.2 Å². The number of likely N-dealkylation sites (tertiary alicyclic amines) is 1. The van der Waals surface area contributed by atoms with Gasteiger partial charge in [0.25, 0.3) is 0 Å². The average molecular weight is 288 g/mol. The number of nitrogens with one attached hydrogen (secondary N) is 1. The zero-order chi connectivity index (χ0) is 14.7. The zero-order valence-corrected chi connectivity index (χ0v) is 13.3. The Hall–Kier alpha value is -1.06. The van der Waals surface area contributed by atoms with Crippen LogP contribution in [0.25, 0.3) is 0 Å². The number of nitrogens with zero attached hydrogens (tertiary/aromatic N) is 1. The highest BCUT2D eigenvalue weighted by atomic mass is 16.5. The molecule has 1 aromatic rings. The van der Waals surface area contributed by atoms with Gasteiger partial charge in [-0.25, -0.2) is 0 Å². The second-order valence-electron chi connectivity index (χ2n) is 6.54. The van der Waals surface area contributed by atoms with E-state index in [2.05, 4.69) is 41.4 Å². The maximum Gasteiger partial charge on any atom is 0.118 e. The van der Waals surface area contributed by atoms with Gasteiger partial charge in [-0.3, -0.25) is 0 Å². The molecule has 2 atom stereocenters. The molecular formula is C18H28N2O. The molecule has 1 N–H and O–H groups in total. The highest BCUT2D eigenvalue weighted by Crippen LogP contribution is 2.41. The van der Waals surface area contributed by atoms with E-state index in [0.29, 0.717) is 6.04 Å². The van der Waals surface area contributed by atoms with Crippen LogP contribution in [0.5, 0.6) is 5.75 Å². The Balaban J connectivity index is 1.57. The van der Waals surface area contributed by atoms with Crippen molar-refractivity contribution in [2.75, 3.05) is 33.3 Å². The maximum absolute atomic E-state index is 5.26. The molecule has 116 valence electrons. The van der Waals surface area contributed by atoms with Gasteiger partial charge in [-0.15, -0.1) is 0 Å². The van der Waals surface area contributed by atoms with Crippen LogP contribution in [-0.4, -0.2) is 38.2 Å². The van der Waals surface area contributed by atoms with Crippen molar-refractivity contribution >= 4 is 0 Å². The number of ether oxygens (including phenoxy) is 1. The number of rotatable bonds is 7. The molecule has 1 aliphatic carbocycles. The van der Waals surface area contributed by atoms with Crippen molar-refractivity contribution in [2.24, 2.45) is 11.8 Å².